The predicted octanol–water partition coefficient (Wildman–Crippen LogP) is 2.12. The van der Waals surface area contributed by atoms with Crippen molar-refractivity contribution < 1.29 is 5.11 Å². The standard InChI is InChI=1S/C10H16O/c1-3-5-6-7-8-9-10(11)4-2/h2,8-11H,3,5-7H2,1H3. The lowest BCUT2D eigenvalue weighted by Crippen LogP contribution is -1.95. The van der Waals surface area contributed by atoms with Gasteiger partial charge in [-0.05, 0) is 18.9 Å². The fourth-order valence-corrected chi connectivity index (χ4v) is 0.793. The molecule has 0 aromatic carbocycles. The minimum absolute atomic E-state index is 0.698. The highest BCUT2D eigenvalue weighted by Gasteiger charge is 1.87. The Bertz CT molecular complexity index is 141. The Morgan fingerprint density at radius 1 is 1.55 bits per heavy atom. The first-order valence-corrected chi connectivity index (χ1v) is 4.12. The van der Waals surface area contributed by atoms with Crippen molar-refractivity contribution in [2.75, 3.05) is 0 Å². The molecule has 1 unspecified atom stereocenters. The number of aliphatic hydroxyl groups excluding tert-OH is 1. The van der Waals surface area contributed by atoms with Gasteiger partial charge >= 0.3 is 0 Å². The van der Waals surface area contributed by atoms with Crippen molar-refractivity contribution in [3.05, 3.63) is 12.2 Å². The van der Waals surface area contributed by atoms with Gasteiger partial charge in [0.05, 0.1) is 0 Å². The Labute approximate surface area is 69.1 Å². The zero-order valence-corrected chi connectivity index (χ0v) is 7.09. The minimum atomic E-state index is -0.698. The molecule has 0 aromatic rings. The number of rotatable bonds is 5. The third-order valence-corrected chi connectivity index (χ3v) is 1.46. The van der Waals surface area contributed by atoms with Crippen LogP contribution in [0.15, 0.2) is 12.2 Å². The first kappa shape index (κ1) is 10.3. The van der Waals surface area contributed by atoms with Crippen LogP contribution < -0.4 is 0 Å². The van der Waals surface area contributed by atoms with Gasteiger partial charge in [0.2, 0.25) is 0 Å². The lowest BCUT2D eigenvalue weighted by Gasteiger charge is -1.93. The van der Waals surface area contributed by atoms with Gasteiger partial charge in [0.1, 0.15) is 6.10 Å². The van der Waals surface area contributed by atoms with E-state index in [-0.39, 0.29) is 0 Å². The minimum Gasteiger partial charge on any atom is -0.377 e. The molecule has 0 aliphatic heterocycles. The van der Waals surface area contributed by atoms with Gasteiger partial charge in [-0.3, -0.25) is 0 Å². The third-order valence-electron chi connectivity index (χ3n) is 1.46. The van der Waals surface area contributed by atoms with Crippen LogP contribution in [0.3, 0.4) is 0 Å². The number of hydrogen-bond donors (Lipinski definition) is 1. The van der Waals surface area contributed by atoms with E-state index >= 15 is 0 Å². The van der Waals surface area contributed by atoms with Crippen LogP contribution >= 0.6 is 0 Å². The molecule has 0 rings (SSSR count). The highest BCUT2D eigenvalue weighted by molar-refractivity contribution is 5.05. The Balaban J connectivity index is 3.24. The fraction of sp³-hybridized carbons (Fsp3) is 0.600. The number of terminal acetylenes is 1. The average molecular weight is 152 g/mol. The van der Waals surface area contributed by atoms with Gasteiger partial charge < -0.3 is 5.11 Å². The Hall–Kier alpha value is -0.740. The quantitative estimate of drug-likeness (QED) is 0.363. The molecule has 0 amide bonds. The monoisotopic (exact) mass is 152 g/mol. The molecule has 0 aliphatic carbocycles. The molecule has 0 heterocycles. The molecular weight excluding hydrogens is 136 g/mol. The highest BCUT2D eigenvalue weighted by Crippen LogP contribution is 1.99. The van der Waals surface area contributed by atoms with Crippen molar-refractivity contribution in [3.63, 3.8) is 0 Å². The molecule has 11 heavy (non-hydrogen) atoms. The maximum absolute atomic E-state index is 8.89. The SMILES string of the molecule is C#CC(O)C=CCCCCC. The summed E-state index contributed by atoms with van der Waals surface area (Å²) >= 11 is 0. The molecule has 1 atom stereocenters. The van der Waals surface area contributed by atoms with E-state index in [9.17, 15) is 0 Å². The van der Waals surface area contributed by atoms with Gasteiger partial charge in [-0.2, -0.15) is 0 Å². The smallest absolute Gasteiger partial charge is 0.133 e. The van der Waals surface area contributed by atoms with Crippen LogP contribution in [0.1, 0.15) is 32.6 Å². The van der Waals surface area contributed by atoms with Gasteiger partial charge in [-0.1, -0.05) is 31.8 Å². The molecule has 0 aromatic heterocycles. The highest BCUT2D eigenvalue weighted by atomic mass is 16.3. The van der Waals surface area contributed by atoms with Crippen molar-refractivity contribution in [2.24, 2.45) is 0 Å². The normalized spacial score (nSPS) is 13.2. The summed E-state index contributed by atoms with van der Waals surface area (Å²) in [6.07, 6.45) is 12.6. The average Bonchev–Trinajstić information content (AvgIpc) is 2.04. The van der Waals surface area contributed by atoms with Crippen molar-refractivity contribution >= 4 is 0 Å². The van der Waals surface area contributed by atoms with E-state index in [0.29, 0.717) is 0 Å². The van der Waals surface area contributed by atoms with E-state index in [1.807, 2.05) is 6.08 Å². The number of unbranched alkanes of at least 4 members (excludes halogenated alkanes) is 3. The number of aliphatic hydroxyl groups is 1. The summed E-state index contributed by atoms with van der Waals surface area (Å²) in [5.74, 6) is 2.22. The number of hydrogen-bond acceptors (Lipinski definition) is 1. The molecule has 0 aliphatic rings. The van der Waals surface area contributed by atoms with E-state index < -0.39 is 6.10 Å². The van der Waals surface area contributed by atoms with Crippen molar-refractivity contribution in [1.29, 1.82) is 0 Å². The first-order chi connectivity index (χ1) is 5.31. The van der Waals surface area contributed by atoms with Crippen LogP contribution in [-0.2, 0) is 0 Å². The van der Waals surface area contributed by atoms with Crippen LogP contribution in [-0.4, -0.2) is 11.2 Å². The molecule has 0 spiro atoms. The summed E-state index contributed by atoms with van der Waals surface area (Å²) in [4.78, 5) is 0. The fourth-order valence-electron chi connectivity index (χ4n) is 0.793. The van der Waals surface area contributed by atoms with Gasteiger partial charge in [0, 0.05) is 0 Å². The lowest BCUT2D eigenvalue weighted by atomic mass is 10.2. The summed E-state index contributed by atoms with van der Waals surface area (Å²) in [5, 5.41) is 8.89. The van der Waals surface area contributed by atoms with Crippen molar-refractivity contribution in [3.8, 4) is 12.3 Å². The Morgan fingerprint density at radius 2 is 2.27 bits per heavy atom. The third kappa shape index (κ3) is 7.15. The molecule has 1 N–H and O–H groups in total. The van der Waals surface area contributed by atoms with E-state index in [4.69, 9.17) is 11.5 Å². The molecule has 0 saturated carbocycles. The summed E-state index contributed by atoms with van der Waals surface area (Å²) in [7, 11) is 0. The summed E-state index contributed by atoms with van der Waals surface area (Å²) in [6, 6.07) is 0. The summed E-state index contributed by atoms with van der Waals surface area (Å²) in [5.41, 5.74) is 0. The molecule has 0 bridgehead atoms. The van der Waals surface area contributed by atoms with E-state index in [1.54, 1.807) is 6.08 Å². The largest absolute Gasteiger partial charge is 0.377 e. The first-order valence-electron chi connectivity index (χ1n) is 4.12. The summed E-state index contributed by atoms with van der Waals surface area (Å²) < 4.78 is 0. The maximum Gasteiger partial charge on any atom is 0.133 e. The lowest BCUT2D eigenvalue weighted by molar-refractivity contribution is 0.280. The Kier molecular flexibility index (Phi) is 6.87. The second-order valence-electron chi connectivity index (χ2n) is 2.54. The van der Waals surface area contributed by atoms with Crippen LogP contribution in [0.2, 0.25) is 0 Å². The van der Waals surface area contributed by atoms with Gasteiger partial charge in [-0.15, -0.1) is 6.42 Å². The molecule has 0 radical (unpaired) electrons. The topological polar surface area (TPSA) is 20.2 Å². The zero-order chi connectivity index (χ0) is 8.53. The van der Waals surface area contributed by atoms with Crippen LogP contribution in [0.5, 0.6) is 0 Å². The van der Waals surface area contributed by atoms with Crippen molar-refractivity contribution in [1.82, 2.24) is 0 Å². The molecule has 1 heteroatoms. The predicted molar refractivity (Wildman–Crippen MR) is 48.1 cm³/mol. The second-order valence-corrected chi connectivity index (χ2v) is 2.54. The molecule has 0 fully saturated rings. The second kappa shape index (κ2) is 7.37. The van der Waals surface area contributed by atoms with Gasteiger partial charge in [-0.25, -0.2) is 0 Å². The molecule has 62 valence electrons. The van der Waals surface area contributed by atoms with Crippen LogP contribution in [0.25, 0.3) is 0 Å². The number of allylic oxidation sites excluding steroid dienone is 1. The van der Waals surface area contributed by atoms with Crippen LogP contribution in [0, 0.1) is 12.3 Å². The van der Waals surface area contributed by atoms with Crippen LogP contribution in [0.4, 0.5) is 0 Å². The Morgan fingerprint density at radius 3 is 2.82 bits per heavy atom. The molecular formula is C10H16O. The molecule has 0 saturated heterocycles. The zero-order valence-electron chi connectivity index (χ0n) is 7.09. The van der Waals surface area contributed by atoms with E-state index in [1.165, 1.54) is 19.3 Å². The van der Waals surface area contributed by atoms with Gasteiger partial charge in [0.15, 0.2) is 0 Å². The van der Waals surface area contributed by atoms with E-state index in [2.05, 4.69) is 12.8 Å². The van der Waals surface area contributed by atoms with E-state index in [0.717, 1.165) is 6.42 Å². The van der Waals surface area contributed by atoms with Crippen molar-refractivity contribution in [2.45, 2.75) is 38.7 Å². The maximum atomic E-state index is 8.89. The van der Waals surface area contributed by atoms with Gasteiger partial charge in [0.25, 0.3) is 0 Å². The molecule has 1 nitrogen and oxygen atoms in total. The summed E-state index contributed by atoms with van der Waals surface area (Å²) in [6.45, 7) is 2.17.